The molecule has 0 aliphatic rings. The molecule has 0 spiro atoms. The minimum atomic E-state index is -5.42. The van der Waals surface area contributed by atoms with Crippen LogP contribution in [0.2, 0.25) is 0 Å². The zero-order chi connectivity index (χ0) is 17.2. The van der Waals surface area contributed by atoms with Crippen LogP contribution in [0.15, 0.2) is 24.3 Å². The predicted octanol–water partition coefficient (Wildman–Crippen LogP) is 3.85. The number of hydrogen-bond donors (Lipinski definition) is 2. The molecule has 0 fully saturated rings. The Morgan fingerprint density at radius 2 is 1.64 bits per heavy atom. The van der Waals surface area contributed by atoms with Gasteiger partial charge in [0.15, 0.2) is 6.10 Å². The summed E-state index contributed by atoms with van der Waals surface area (Å²) in [5.74, 6) is 0. The minimum Gasteiger partial charge on any atom is -0.399 e. The van der Waals surface area contributed by atoms with Crippen molar-refractivity contribution in [2.75, 3.05) is 5.73 Å². The van der Waals surface area contributed by atoms with Gasteiger partial charge in [0, 0.05) is 5.69 Å². The molecule has 22 heavy (non-hydrogen) atoms. The van der Waals surface area contributed by atoms with Gasteiger partial charge in [0.05, 0.1) is 12.6 Å². The Kier molecular flexibility index (Phi) is 5.53. The Labute approximate surface area is 121 Å². The van der Waals surface area contributed by atoms with E-state index in [1.807, 2.05) is 0 Å². The first-order valence-electron chi connectivity index (χ1n) is 5.77. The van der Waals surface area contributed by atoms with Gasteiger partial charge < -0.3 is 10.6 Å². The Morgan fingerprint density at radius 3 is 2.05 bits per heavy atom. The highest BCUT2D eigenvalue weighted by Crippen LogP contribution is 2.50. The lowest BCUT2D eigenvalue weighted by Crippen LogP contribution is -2.35. The second-order valence-electron chi connectivity index (χ2n) is 4.49. The summed E-state index contributed by atoms with van der Waals surface area (Å²) in [4.78, 5) is 9.40. The van der Waals surface area contributed by atoms with Crippen LogP contribution >= 0.6 is 7.60 Å². The predicted molar refractivity (Wildman–Crippen MR) is 66.0 cm³/mol. The van der Waals surface area contributed by atoms with Crippen LogP contribution in [-0.2, 0) is 15.3 Å². The topological polar surface area (TPSA) is 72.6 Å². The molecule has 2 atom stereocenters. The van der Waals surface area contributed by atoms with E-state index >= 15 is 0 Å². The third kappa shape index (κ3) is 6.67. The molecule has 1 aromatic carbocycles. The average Bonchev–Trinajstić information content (AvgIpc) is 2.27. The fraction of sp³-hybridized carbons (Fsp3) is 0.455. The second kappa shape index (κ2) is 6.47. The average molecular weight is 351 g/mol. The normalized spacial score (nSPS) is 17.0. The SMILES string of the molecule is Nc1ccc(CP(=O)(O)OC(CC(F)(F)F)C(F)(F)F)cc1. The molecular weight excluding hydrogens is 339 g/mol. The number of rotatable bonds is 5. The molecule has 0 aromatic heterocycles. The molecule has 0 amide bonds. The molecule has 0 aliphatic carbocycles. The van der Waals surface area contributed by atoms with E-state index in [9.17, 15) is 35.8 Å². The molecule has 0 saturated heterocycles. The maximum Gasteiger partial charge on any atom is 0.415 e. The van der Waals surface area contributed by atoms with Crippen molar-refractivity contribution in [3.8, 4) is 0 Å². The first-order chi connectivity index (χ1) is 9.78. The van der Waals surface area contributed by atoms with Crippen molar-refractivity contribution in [3.63, 3.8) is 0 Å². The minimum absolute atomic E-state index is 0.105. The Balaban J connectivity index is 2.86. The van der Waals surface area contributed by atoms with Crippen molar-refractivity contribution in [1.82, 2.24) is 0 Å². The number of halogens is 6. The van der Waals surface area contributed by atoms with E-state index in [4.69, 9.17) is 5.73 Å². The zero-order valence-electron chi connectivity index (χ0n) is 10.9. The van der Waals surface area contributed by atoms with E-state index < -0.39 is 38.6 Å². The summed E-state index contributed by atoms with van der Waals surface area (Å²) in [6.07, 6.45) is -17.3. The van der Waals surface area contributed by atoms with Gasteiger partial charge in [-0.15, -0.1) is 0 Å². The Bertz CT molecular complexity index is 542. The third-order valence-electron chi connectivity index (χ3n) is 2.44. The van der Waals surface area contributed by atoms with Crippen molar-refractivity contribution in [2.45, 2.75) is 31.0 Å². The van der Waals surface area contributed by atoms with E-state index in [0.29, 0.717) is 5.69 Å². The van der Waals surface area contributed by atoms with Crippen molar-refractivity contribution in [2.24, 2.45) is 0 Å². The number of nitrogens with two attached hydrogens (primary N) is 1. The number of anilines is 1. The molecule has 1 rings (SSSR count). The molecule has 0 heterocycles. The highest BCUT2D eigenvalue weighted by molar-refractivity contribution is 7.52. The number of nitrogen functional groups attached to an aromatic ring is 1. The lowest BCUT2D eigenvalue weighted by atomic mass is 10.2. The second-order valence-corrected chi connectivity index (χ2v) is 6.29. The van der Waals surface area contributed by atoms with Crippen LogP contribution in [0.5, 0.6) is 0 Å². The van der Waals surface area contributed by atoms with Crippen LogP contribution < -0.4 is 5.73 Å². The molecule has 126 valence electrons. The van der Waals surface area contributed by atoms with Crippen molar-refractivity contribution in [1.29, 1.82) is 0 Å². The Hall–Kier alpha value is -1.25. The van der Waals surface area contributed by atoms with Gasteiger partial charge in [0.25, 0.3) is 0 Å². The summed E-state index contributed by atoms with van der Waals surface area (Å²) in [5.41, 5.74) is 5.77. The van der Waals surface area contributed by atoms with Gasteiger partial charge in [-0.25, -0.2) is 0 Å². The summed E-state index contributed by atoms with van der Waals surface area (Å²) >= 11 is 0. The van der Waals surface area contributed by atoms with E-state index in [1.54, 1.807) is 0 Å². The smallest absolute Gasteiger partial charge is 0.399 e. The van der Waals surface area contributed by atoms with E-state index in [1.165, 1.54) is 24.3 Å². The maximum absolute atomic E-state index is 12.5. The number of benzene rings is 1. The lowest BCUT2D eigenvalue weighted by molar-refractivity contribution is -0.235. The molecule has 11 heteroatoms. The van der Waals surface area contributed by atoms with Gasteiger partial charge in [0.2, 0.25) is 0 Å². The molecule has 3 N–H and O–H groups in total. The maximum atomic E-state index is 12.5. The highest BCUT2D eigenvalue weighted by Gasteiger charge is 2.50. The van der Waals surface area contributed by atoms with Crippen molar-refractivity contribution < 1.29 is 40.3 Å². The summed E-state index contributed by atoms with van der Waals surface area (Å²) < 4.78 is 89.3. The zero-order valence-corrected chi connectivity index (χ0v) is 11.8. The molecular formula is C11H12F6NO3P. The molecule has 0 radical (unpaired) electrons. The largest absolute Gasteiger partial charge is 0.415 e. The lowest BCUT2D eigenvalue weighted by Gasteiger charge is -2.24. The first-order valence-corrected chi connectivity index (χ1v) is 7.53. The molecule has 0 bridgehead atoms. The Morgan fingerprint density at radius 1 is 1.14 bits per heavy atom. The van der Waals surface area contributed by atoms with Crippen LogP contribution in [0.3, 0.4) is 0 Å². The van der Waals surface area contributed by atoms with Gasteiger partial charge in [0.1, 0.15) is 0 Å². The molecule has 4 nitrogen and oxygen atoms in total. The molecule has 1 aromatic rings. The molecule has 2 unspecified atom stereocenters. The van der Waals surface area contributed by atoms with Crippen molar-refractivity contribution in [3.05, 3.63) is 29.8 Å². The van der Waals surface area contributed by atoms with E-state index in [2.05, 4.69) is 4.52 Å². The number of hydrogen-bond acceptors (Lipinski definition) is 3. The standard InChI is InChI=1S/C11H12F6NO3P/c12-10(13,14)5-9(11(15,16)17)21-22(19,20)6-7-1-3-8(18)4-2-7/h1-4,9H,5-6,18H2,(H,19,20). The summed E-state index contributed by atoms with van der Waals surface area (Å²) in [6, 6.07) is 5.17. The molecule has 0 aliphatic heterocycles. The summed E-state index contributed by atoms with van der Waals surface area (Å²) in [5, 5.41) is 0. The monoisotopic (exact) mass is 351 g/mol. The van der Waals surface area contributed by atoms with Crippen LogP contribution in [0.1, 0.15) is 12.0 Å². The van der Waals surface area contributed by atoms with Crippen LogP contribution in [0, 0.1) is 0 Å². The fourth-order valence-electron chi connectivity index (χ4n) is 1.51. The first kappa shape index (κ1) is 18.8. The summed E-state index contributed by atoms with van der Waals surface area (Å²) in [6.45, 7) is 0. The van der Waals surface area contributed by atoms with E-state index in [0.717, 1.165) is 0 Å². The fourth-order valence-corrected chi connectivity index (χ4v) is 2.85. The van der Waals surface area contributed by atoms with E-state index in [-0.39, 0.29) is 5.56 Å². The third-order valence-corrected chi connectivity index (χ3v) is 3.78. The van der Waals surface area contributed by atoms with Gasteiger partial charge in [-0.05, 0) is 17.7 Å². The van der Waals surface area contributed by atoms with Crippen LogP contribution in [0.25, 0.3) is 0 Å². The van der Waals surface area contributed by atoms with Crippen LogP contribution in [0.4, 0.5) is 32.0 Å². The van der Waals surface area contributed by atoms with Crippen molar-refractivity contribution >= 4 is 13.3 Å². The molecule has 0 saturated carbocycles. The van der Waals surface area contributed by atoms with Crippen LogP contribution in [-0.4, -0.2) is 23.3 Å². The van der Waals surface area contributed by atoms with Gasteiger partial charge in [-0.2, -0.15) is 26.3 Å². The van der Waals surface area contributed by atoms with Gasteiger partial charge in [-0.1, -0.05) is 12.1 Å². The quantitative estimate of drug-likeness (QED) is 0.480. The highest BCUT2D eigenvalue weighted by atomic mass is 31.2. The van der Waals surface area contributed by atoms with Gasteiger partial charge >= 0.3 is 19.9 Å². The number of alkyl halides is 6. The summed E-state index contributed by atoms with van der Waals surface area (Å²) in [7, 11) is -4.93. The van der Waals surface area contributed by atoms with Gasteiger partial charge in [-0.3, -0.25) is 9.09 Å².